The minimum atomic E-state index is -4.90. The smallest absolute Gasteiger partial charge is 0.402 e. The summed E-state index contributed by atoms with van der Waals surface area (Å²) >= 11 is 0. The highest BCUT2D eigenvalue weighted by molar-refractivity contribution is 6.22. The van der Waals surface area contributed by atoms with Crippen molar-refractivity contribution in [3.05, 3.63) is 65.4 Å². The number of quaternary nitrogens is 1. The highest BCUT2D eigenvalue weighted by atomic mass is 19.4. The number of aliphatic carboxylic acids is 1. The fourth-order valence-electron chi connectivity index (χ4n) is 3.82. The van der Waals surface area contributed by atoms with Crippen molar-refractivity contribution in [2.75, 3.05) is 7.05 Å². The van der Waals surface area contributed by atoms with E-state index in [9.17, 15) is 36.6 Å². The lowest BCUT2D eigenvalue weighted by atomic mass is 9.71. The van der Waals surface area contributed by atoms with E-state index >= 15 is 0 Å². The number of benzene rings is 1. The number of nitrogens with zero attached hydrogens (tertiary/aromatic N) is 2. The summed E-state index contributed by atoms with van der Waals surface area (Å²) in [4.78, 5) is 23.5. The quantitative estimate of drug-likeness (QED) is 0.539. The van der Waals surface area contributed by atoms with Crippen LogP contribution in [0.2, 0.25) is 0 Å². The fourth-order valence-corrected chi connectivity index (χ4v) is 3.82. The van der Waals surface area contributed by atoms with Crippen LogP contribution in [-0.2, 0) is 10.2 Å². The number of carbonyl (C=O) groups excluding carboxylic acids is 1. The SMILES string of the molecule is C[N+]1(c2cccc(C(N)=O)c2C2(C(F)(F)F)C=CC=CC2)C=C(C(=O)O)C(C(F)F)=N1. The standard InChI is InChI=1S/C20H16F5N3O3/c1-28(10-12(18(30)31)15(27-28)16(21)22)13-7-5-6-11(17(26)29)14(13)19(20(23,24)25)8-3-2-4-9-19/h2-8,10,16H,9H2,1H3,(H2-,26,29,30,31)/p+1. The van der Waals surface area contributed by atoms with Gasteiger partial charge in [-0.2, -0.15) is 13.2 Å². The van der Waals surface area contributed by atoms with Crippen LogP contribution in [0.4, 0.5) is 27.6 Å². The van der Waals surface area contributed by atoms with Gasteiger partial charge in [0.2, 0.25) is 5.91 Å². The second-order valence-corrected chi connectivity index (χ2v) is 7.18. The van der Waals surface area contributed by atoms with Gasteiger partial charge >= 0.3 is 12.1 Å². The molecule has 0 bridgehead atoms. The molecule has 6 nitrogen and oxygen atoms in total. The molecule has 0 saturated heterocycles. The van der Waals surface area contributed by atoms with Gasteiger partial charge in [-0.3, -0.25) is 4.79 Å². The molecule has 1 aromatic rings. The molecule has 1 aliphatic heterocycles. The molecule has 0 spiro atoms. The second-order valence-electron chi connectivity index (χ2n) is 7.18. The molecule has 2 atom stereocenters. The van der Waals surface area contributed by atoms with Crippen molar-refractivity contribution in [1.82, 2.24) is 4.59 Å². The van der Waals surface area contributed by atoms with Crippen LogP contribution >= 0.6 is 0 Å². The molecule has 2 aliphatic rings. The van der Waals surface area contributed by atoms with Crippen LogP contribution in [0.15, 0.2) is 59.4 Å². The van der Waals surface area contributed by atoms with Gasteiger partial charge < -0.3 is 10.8 Å². The van der Waals surface area contributed by atoms with E-state index in [1.165, 1.54) is 24.3 Å². The van der Waals surface area contributed by atoms with Crippen molar-refractivity contribution in [3.63, 3.8) is 0 Å². The molecule has 1 aromatic carbocycles. The van der Waals surface area contributed by atoms with E-state index in [4.69, 9.17) is 5.73 Å². The van der Waals surface area contributed by atoms with E-state index < -0.39 is 63.3 Å². The molecule has 164 valence electrons. The van der Waals surface area contributed by atoms with Crippen LogP contribution in [0.1, 0.15) is 22.3 Å². The number of allylic oxidation sites excluding steroid dienone is 4. The van der Waals surface area contributed by atoms with Crippen molar-refractivity contribution in [3.8, 4) is 0 Å². The van der Waals surface area contributed by atoms with E-state index in [0.29, 0.717) is 0 Å². The van der Waals surface area contributed by atoms with Gasteiger partial charge in [-0.15, -0.1) is 4.59 Å². The number of hydrogen-bond acceptors (Lipinski definition) is 3. The van der Waals surface area contributed by atoms with Crippen LogP contribution in [0.5, 0.6) is 0 Å². The van der Waals surface area contributed by atoms with Gasteiger partial charge in [0.05, 0.1) is 0 Å². The lowest BCUT2D eigenvalue weighted by molar-refractivity contribution is -0.175. The third-order valence-corrected chi connectivity index (χ3v) is 5.22. The average molecular weight is 442 g/mol. The first-order valence-corrected chi connectivity index (χ1v) is 8.90. The average Bonchev–Trinajstić information content (AvgIpc) is 3.07. The number of halogens is 5. The first-order valence-electron chi connectivity index (χ1n) is 8.90. The van der Waals surface area contributed by atoms with Gasteiger partial charge in [0, 0.05) is 17.2 Å². The summed E-state index contributed by atoms with van der Waals surface area (Å²) in [5.74, 6) is -2.87. The number of amides is 1. The molecule has 2 unspecified atom stereocenters. The van der Waals surface area contributed by atoms with Gasteiger partial charge in [-0.1, -0.05) is 35.5 Å². The molecule has 31 heavy (non-hydrogen) atoms. The fraction of sp³-hybridized carbons (Fsp3) is 0.250. The van der Waals surface area contributed by atoms with E-state index in [1.807, 2.05) is 0 Å². The Balaban J connectivity index is 2.41. The summed E-state index contributed by atoms with van der Waals surface area (Å²) in [6.07, 6.45) is -3.27. The summed E-state index contributed by atoms with van der Waals surface area (Å²) in [6, 6.07) is 3.51. The topological polar surface area (TPSA) is 92.8 Å². The maximum absolute atomic E-state index is 14.4. The minimum Gasteiger partial charge on any atom is -0.477 e. The van der Waals surface area contributed by atoms with Crippen molar-refractivity contribution in [1.29, 1.82) is 0 Å². The maximum atomic E-state index is 14.4. The van der Waals surface area contributed by atoms with E-state index in [0.717, 1.165) is 31.5 Å². The Hall–Kier alpha value is -3.34. The summed E-state index contributed by atoms with van der Waals surface area (Å²) in [6.45, 7) is 0. The molecule has 1 heterocycles. The van der Waals surface area contributed by atoms with Crippen LogP contribution in [0.3, 0.4) is 0 Å². The molecular formula is C20H17F5N3O3+. The number of hydrogen-bond donors (Lipinski definition) is 2. The van der Waals surface area contributed by atoms with Crippen LogP contribution in [0.25, 0.3) is 0 Å². The molecule has 3 N–H and O–H groups in total. The highest BCUT2D eigenvalue weighted by Crippen LogP contribution is 2.52. The molecule has 11 heteroatoms. The normalized spacial score (nSPS) is 25.5. The number of carboxylic acids is 1. The zero-order valence-corrected chi connectivity index (χ0v) is 16.0. The molecule has 0 aromatic heterocycles. The highest BCUT2D eigenvalue weighted by Gasteiger charge is 2.58. The Labute approximate surface area is 173 Å². The van der Waals surface area contributed by atoms with Gasteiger partial charge in [0.25, 0.3) is 6.43 Å². The minimum absolute atomic E-state index is 0.303. The summed E-state index contributed by atoms with van der Waals surface area (Å²) < 4.78 is 69.0. The van der Waals surface area contributed by atoms with Crippen molar-refractivity contribution in [2.24, 2.45) is 10.8 Å². The lowest BCUT2D eigenvalue weighted by Crippen LogP contribution is -2.45. The molecule has 3 rings (SSSR count). The number of carbonyl (C=O) groups is 2. The summed E-state index contributed by atoms with van der Waals surface area (Å²) in [5, 5.41) is 13.0. The van der Waals surface area contributed by atoms with E-state index in [-0.39, 0.29) is 5.69 Å². The monoisotopic (exact) mass is 442 g/mol. The largest absolute Gasteiger partial charge is 0.477 e. The van der Waals surface area contributed by atoms with Gasteiger partial charge in [-0.25, -0.2) is 13.6 Å². The van der Waals surface area contributed by atoms with Crippen LogP contribution < -0.4 is 10.3 Å². The zero-order chi connectivity index (χ0) is 23.2. The third kappa shape index (κ3) is 3.54. The van der Waals surface area contributed by atoms with Gasteiger partial charge in [0.15, 0.2) is 11.4 Å². The molecule has 0 saturated carbocycles. The number of rotatable bonds is 5. The Bertz CT molecular complexity index is 1070. The van der Waals surface area contributed by atoms with Gasteiger partial charge in [0.1, 0.15) is 24.2 Å². The Morgan fingerprint density at radius 2 is 1.94 bits per heavy atom. The molecular weight excluding hydrogens is 425 g/mol. The summed E-state index contributed by atoms with van der Waals surface area (Å²) in [7, 11) is 1.15. The predicted octanol–water partition coefficient (Wildman–Crippen LogP) is 3.64. The molecule has 0 fully saturated rings. The zero-order valence-electron chi connectivity index (χ0n) is 16.0. The van der Waals surface area contributed by atoms with Crippen LogP contribution in [0, 0.1) is 0 Å². The molecule has 1 aliphatic carbocycles. The number of carboxylic acid groups (broad SMARTS) is 1. The Morgan fingerprint density at radius 1 is 1.26 bits per heavy atom. The summed E-state index contributed by atoms with van der Waals surface area (Å²) in [5.41, 5.74) is -0.603. The van der Waals surface area contributed by atoms with E-state index in [1.54, 1.807) is 0 Å². The van der Waals surface area contributed by atoms with E-state index in [2.05, 4.69) is 5.10 Å². The lowest BCUT2D eigenvalue weighted by Gasteiger charge is -2.37. The van der Waals surface area contributed by atoms with Crippen LogP contribution in [-0.4, -0.2) is 42.3 Å². The Morgan fingerprint density at radius 3 is 2.39 bits per heavy atom. The molecule has 0 radical (unpaired) electrons. The number of primary amides is 1. The van der Waals surface area contributed by atoms with Crippen molar-refractivity contribution < 1.29 is 36.6 Å². The second kappa shape index (κ2) is 7.41. The molecule has 1 amide bonds. The first-order chi connectivity index (χ1) is 14.3. The maximum Gasteiger partial charge on any atom is 0.402 e. The predicted molar refractivity (Wildman–Crippen MR) is 102 cm³/mol. The van der Waals surface area contributed by atoms with Gasteiger partial charge in [-0.05, 0) is 12.5 Å². The Kier molecular flexibility index (Phi) is 5.34. The van der Waals surface area contributed by atoms with Crippen molar-refractivity contribution in [2.45, 2.75) is 24.4 Å². The third-order valence-electron chi connectivity index (χ3n) is 5.22. The number of nitrogens with two attached hydrogens (primary N) is 1. The first kappa shape index (κ1) is 22.3. The van der Waals surface area contributed by atoms with Crippen molar-refractivity contribution >= 4 is 23.3 Å². The number of alkyl halides is 5.